The van der Waals surface area contributed by atoms with Crippen molar-refractivity contribution in [3.63, 3.8) is 0 Å². The molecular formula is C15H21N3O2. The Morgan fingerprint density at radius 2 is 2.05 bits per heavy atom. The molecule has 5 heteroatoms. The highest BCUT2D eigenvalue weighted by molar-refractivity contribution is 6.05. The van der Waals surface area contributed by atoms with Crippen LogP contribution in [0.3, 0.4) is 0 Å². The van der Waals surface area contributed by atoms with Gasteiger partial charge in [0, 0.05) is 25.3 Å². The Labute approximate surface area is 119 Å². The highest BCUT2D eigenvalue weighted by Gasteiger charge is 2.25. The van der Waals surface area contributed by atoms with Crippen molar-refractivity contribution < 1.29 is 9.59 Å². The molecule has 0 spiro atoms. The van der Waals surface area contributed by atoms with Gasteiger partial charge in [0.1, 0.15) is 6.42 Å². The van der Waals surface area contributed by atoms with E-state index in [0.717, 1.165) is 18.7 Å². The highest BCUT2D eigenvalue weighted by Crippen LogP contribution is 2.27. The van der Waals surface area contributed by atoms with Gasteiger partial charge in [-0.1, -0.05) is 18.2 Å². The standard InChI is InChI=1S/C15H21N3O2/c1-17(2)10-8-16-14(19)11-15(20)18-9-7-12-5-3-4-6-13(12)18/h3-6H,7-11H2,1-2H3,(H,16,19). The second-order valence-corrected chi connectivity index (χ2v) is 5.25. The van der Waals surface area contributed by atoms with Crippen LogP contribution in [0.4, 0.5) is 5.69 Å². The molecule has 0 bridgehead atoms. The smallest absolute Gasteiger partial charge is 0.236 e. The summed E-state index contributed by atoms with van der Waals surface area (Å²) in [5.74, 6) is -0.335. The maximum absolute atomic E-state index is 12.2. The quantitative estimate of drug-likeness (QED) is 0.803. The van der Waals surface area contributed by atoms with Crippen LogP contribution in [0.15, 0.2) is 24.3 Å². The molecule has 0 aromatic heterocycles. The second kappa shape index (κ2) is 6.52. The molecule has 1 aliphatic rings. The molecule has 5 nitrogen and oxygen atoms in total. The first-order valence-corrected chi connectivity index (χ1v) is 6.87. The van der Waals surface area contributed by atoms with Crippen LogP contribution in [0.2, 0.25) is 0 Å². The zero-order chi connectivity index (χ0) is 14.5. The van der Waals surface area contributed by atoms with Crippen molar-refractivity contribution in [3.8, 4) is 0 Å². The van der Waals surface area contributed by atoms with Gasteiger partial charge < -0.3 is 15.1 Å². The average Bonchev–Trinajstić information content (AvgIpc) is 2.82. The van der Waals surface area contributed by atoms with Crippen LogP contribution >= 0.6 is 0 Å². The Kier molecular flexibility index (Phi) is 4.74. The zero-order valence-corrected chi connectivity index (χ0v) is 12.1. The fourth-order valence-electron chi connectivity index (χ4n) is 2.31. The highest BCUT2D eigenvalue weighted by atomic mass is 16.2. The molecule has 1 heterocycles. The van der Waals surface area contributed by atoms with Gasteiger partial charge in [-0.2, -0.15) is 0 Å². The number of rotatable bonds is 5. The minimum absolute atomic E-state index is 0.0816. The molecule has 108 valence electrons. The van der Waals surface area contributed by atoms with Gasteiger partial charge in [0.15, 0.2) is 0 Å². The van der Waals surface area contributed by atoms with Crippen LogP contribution < -0.4 is 10.2 Å². The molecule has 2 rings (SSSR count). The van der Waals surface area contributed by atoms with Crippen LogP contribution in [0.1, 0.15) is 12.0 Å². The third-order valence-electron chi connectivity index (χ3n) is 3.38. The predicted molar refractivity (Wildman–Crippen MR) is 78.7 cm³/mol. The molecule has 0 atom stereocenters. The first kappa shape index (κ1) is 14.5. The summed E-state index contributed by atoms with van der Waals surface area (Å²) >= 11 is 0. The second-order valence-electron chi connectivity index (χ2n) is 5.25. The Hall–Kier alpha value is -1.88. The van der Waals surface area contributed by atoms with Gasteiger partial charge in [-0.05, 0) is 32.1 Å². The molecule has 2 amide bonds. The number of hydrogen-bond donors (Lipinski definition) is 1. The maximum atomic E-state index is 12.2. The van der Waals surface area contributed by atoms with Gasteiger partial charge >= 0.3 is 0 Å². The van der Waals surface area contributed by atoms with Gasteiger partial charge in [0.05, 0.1) is 0 Å². The van der Waals surface area contributed by atoms with Crippen molar-refractivity contribution in [3.05, 3.63) is 29.8 Å². The third-order valence-corrected chi connectivity index (χ3v) is 3.38. The fourth-order valence-corrected chi connectivity index (χ4v) is 2.31. The maximum Gasteiger partial charge on any atom is 0.236 e. The van der Waals surface area contributed by atoms with Crippen LogP contribution in [0.25, 0.3) is 0 Å². The van der Waals surface area contributed by atoms with E-state index < -0.39 is 0 Å². The van der Waals surface area contributed by atoms with Gasteiger partial charge in [-0.3, -0.25) is 9.59 Å². The van der Waals surface area contributed by atoms with E-state index in [1.54, 1.807) is 4.90 Å². The lowest BCUT2D eigenvalue weighted by Gasteiger charge is -2.17. The number of benzene rings is 1. The Morgan fingerprint density at radius 3 is 2.80 bits per heavy atom. The largest absolute Gasteiger partial charge is 0.354 e. The normalized spacial score (nSPS) is 13.4. The molecular weight excluding hydrogens is 254 g/mol. The van der Waals surface area contributed by atoms with Crippen molar-refractivity contribution in [2.45, 2.75) is 12.8 Å². The average molecular weight is 275 g/mol. The minimum Gasteiger partial charge on any atom is -0.354 e. The van der Waals surface area contributed by atoms with E-state index in [9.17, 15) is 9.59 Å². The van der Waals surface area contributed by atoms with Crippen molar-refractivity contribution >= 4 is 17.5 Å². The number of likely N-dealkylation sites (N-methyl/N-ethyl adjacent to an activating group) is 1. The number of hydrogen-bond acceptors (Lipinski definition) is 3. The van der Waals surface area contributed by atoms with E-state index in [2.05, 4.69) is 5.32 Å². The van der Waals surface area contributed by atoms with Crippen molar-refractivity contribution in [1.29, 1.82) is 0 Å². The van der Waals surface area contributed by atoms with Gasteiger partial charge in [-0.25, -0.2) is 0 Å². The molecule has 1 aromatic carbocycles. The number of carbonyl (C=O) groups excluding carboxylic acids is 2. The van der Waals surface area contributed by atoms with Crippen LogP contribution in [-0.2, 0) is 16.0 Å². The first-order chi connectivity index (χ1) is 9.58. The Morgan fingerprint density at radius 1 is 1.30 bits per heavy atom. The monoisotopic (exact) mass is 275 g/mol. The summed E-state index contributed by atoms with van der Waals surface area (Å²) in [5, 5.41) is 2.76. The van der Waals surface area contributed by atoms with E-state index in [-0.39, 0.29) is 18.2 Å². The summed E-state index contributed by atoms with van der Waals surface area (Å²) in [4.78, 5) is 27.6. The lowest BCUT2D eigenvalue weighted by molar-refractivity contribution is -0.127. The van der Waals surface area contributed by atoms with Crippen molar-refractivity contribution in [1.82, 2.24) is 10.2 Å². The molecule has 1 N–H and O–H groups in total. The summed E-state index contributed by atoms with van der Waals surface area (Å²) in [6, 6.07) is 7.85. The fraction of sp³-hybridized carbons (Fsp3) is 0.467. The summed E-state index contributed by atoms with van der Waals surface area (Å²) in [5.41, 5.74) is 2.12. The lowest BCUT2D eigenvalue weighted by atomic mass is 10.2. The SMILES string of the molecule is CN(C)CCNC(=O)CC(=O)N1CCc2ccccc21. The first-order valence-electron chi connectivity index (χ1n) is 6.87. The molecule has 20 heavy (non-hydrogen) atoms. The molecule has 0 saturated carbocycles. The summed E-state index contributed by atoms with van der Waals surface area (Å²) in [6.45, 7) is 2.01. The van der Waals surface area contributed by atoms with Crippen LogP contribution in [0, 0.1) is 0 Å². The molecule has 1 aromatic rings. The molecule has 0 fully saturated rings. The number of nitrogens with zero attached hydrogens (tertiary/aromatic N) is 2. The van der Waals surface area contributed by atoms with E-state index in [1.807, 2.05) is 43.3 Å². The molecule has 0 unspecified atom stereocenters. The predicted octanol–water partition coefficient (Wildman–Crippen LogP) is 0.644. The third kappa shape index (κ3) is 3.57. The molecule has 0 saturated heterocycles. The molecule has 1 aliphatic heterocycles. The van der Waals surface area contributed by atoms with Crippen LogP contribution in [-0.4, -0.2) is 50.4 Å². The number of carbonyl (C=O) groups is 2. The van der Waals surface area contributed by atoms with Gasteiger partial charge in [-0.15, -0.1) is 0 Å². The van der Waals surface area contributed by atoms with E-state index in [0.29, 0.717) is 13.1 Å². The molecule has 0 aliphatic carbocycles. The molecule has 0 radical (unpaired) electrons. The van der Waals surface area contributed by atoms with E-state index in [1.165, 1.54) is 5.56 Å². The van der Waals surface area contributed by atoms with Gasteiger partial charge in [0.2, 0.25) is 11.8 Å². The van der Waals surface area contributed by atoms with Crippen molar-refractivity contribution in [2.24, 2.45) is 0 Å². The number of para-hydroxylation sites is 1. The summed E-state index contributed by atoms with van der Waals surface area (Å²) in [6.07, 6.45) is 0.784. The van der Waals surface area contributed by atoms with E-state index in [4.69, 9.17) is 0 Å². The van der Waals surface area contributed by atoms with E-state index >= 15 is 0 Å². The van der Waals surface area contributed by atoms with Crippen LogP contribution in [0.5, 0.6) is 0 Å². The minimum atomic E-state index is -0.207. The van der Waals surface area contributed by atoms with Gasteiger partial charge in [0.25, 0.3) is 0 Å². The van der Waals surface area contributed by atoms with Crippen molar-refractivity contribution in [2.75, 3.05) is 38.6 Å². The summed E-state index contributed by atoms with van der Waals surface area (Å²) in [7, 11) is 3.89. The topological polar surface area (TPSA) is 52.7 Å². The Balaban J connectivity index is 1.85. The lowest BCUT2D eigenvalue weighted by Crippen LogP contribution is -2.37. The summed E-state index contributed by atoms with van der Waals surface area (Å²) < 4.78 is 0. The zero-order valence-electron chi connectivity index (χ0n) is 12.1. The number of fused-ring (bicyclic) bond motifs is 1. The number of amides is 2. The number of anilines is 1. The number of nitrogens with one attached hydrogen (secondary N) is 1. The Bertz CT molecular complexity index is 500.